The summed E-state index contributed by atoms with van der Waals surface area (Å²) in [4.78, 5) is 12.0. The maximum absolute atomic E-state index is 12.0. The van der Waals surface area contributed by atoms with Gasteiger partial charge in [-0.1, -0.05) is 31.5 Å². The molecule has 0 bridgehead atoms. The van der Waals surface area contributed by atoms with Crippen LogP contribution in [-0.4, -0.2) is 12.7 Å². The smallest absolute Gasteiger partial charge is 0.248 e. The van der Waals surface area contributed by atoms with Gasteiger partial charge in [0.15, 0.2) is 11.5 Å². The van der Waals surface area contributed by atoms with Gasteiger partial charge in [-0.25, -0.2) is 0 Å². The van der Waals surface area contributed by atoms with E-state index in [0.29, 0.717) is 5.75 Å². The van der Waals surface area contributed by atoms with Crippen LogP contribution in [0, 0.1) is 0 Å². The standard InChI is InChI=1S/C19H19NO3/c1-2-3-14-4-8-16(9-5-14)20-19(21)11-7-15-6-10-17-18(12-15)23-13-22-17/h4-12H,2-3,13H2,1H3,(H,20,21)/b11-7+. The molecule has 0 unspecified atom stereocenters. The molecule has 0 radical (unpaired) electrons. The number of hydrogen-bond acceptors (Lipinski definition) is 3. The Morgan fingerprint density at radius 2 is 1.91 bits per heavy atom. The molecule has 0 aliphatic carbocycles. The second kappa shape index (κ2) is 7.01. The SMILES string of the molecule is CCCc1ccc(NC(=O)/C=C/c2ccc3c(c2)OCO3)cc1. The van der Waals surface area contributed by atoms with E-state index < -0.39 is 0 Å². The molecule has 4 nitrogen and oxygen atoms in total. The van der Waals surface area contributed by atoms with E-state index in [1.165, 1.54) is 11.6 Å². The van der Waals surface area contributed by atoms with Gasteiger partial charge < -0.3 is 14.8 Å². The number of amides is 1. The summed E-state index contributed by atoms with van der Waals surface area (Å²) in [5.74, 6) is 1.28. The Bertz CT molecular complexity index is 720. The maximum atomic E-state index is 12.0. The summed E-state index contributed by atoms with van der Waals surface area (Å²) >= 11 is 0. The van der Waals surface area contributed by atoms with Gasteiger partial charge in [-0.2, -0.15) is 0 Å². The fourth-order valence-corrected chi connectivity index (χ4v) is 2.42. The summed E-state index contributed by atoms with van der Waals surface area (Å²) < 4.78 is 10.6. The van der Waals surface area contributed by atoms with Crippen molar-refractivity contribution < 1.29 is 14.3 Å². The molecule has 1 N–H and O–H groups in total. The maximum Gasteiger partial charge on any atom is 0.248 e. The molecule has 2 aromatic carbocycles. The van der Waals surface area contributed by atoms with Gasteiger partial charge in [0.05, 0.1) is 0 Å². The van der Waals surface area contributed by atoms with Gasteiger partial charge in [0, 0.05) is 11.8 Å². The number of ether oxygens (including phenoxy) is 2. The normalized spacial score (nSPS) is 12.6. The molecule has 118 valence electrons. The van der Waals surface area contributed by atoms with Gasteiger partial charge in [0.2, 0.25) is 12.7 Å². The van der Waals surface area contributed by atoms with Gasteiger partial charge in [0.25, 0.3) is 0 Å². The third kappa shape index (κ3) is 3.92. The van der Waals surface area contributed by atoms with Crippen LogP contribution in [0.15, 0.2) is 48.5 Å². The molecule has 3 rings (SSSR count). The largest absolute Gasteiger partial charge is 0.454 e. The lowest BCUT2D eigenvalue weighted by molar-refractivity contribution is -0.111. The van der Waals surface area contributed by atoms with Crippen LogP contribution in [0.25, 0.3) is 6.08 Å². The van der Waals surface area contributed by atoms with Gasteiger partial charge in [-0.05, 0) is 47.9 Å². The number of aryl methyl sites for hydroxylation is 1. The van der Waals surface area contributed by atoms with E-state index in [2.05, 4.69) is 12.2 Å². The molecule has 1 aliphatic rings. The molecular weight excluding hydrogens is 290 g/mol. The van der Waals surface area contributed by atoms with Crippen LogP contribution in [0.2, 0.25) is 0 Å². The second-order valence-electron chi connectivity index (χ2n) is 5.38. The van der Waals surface area contributed by atoms with Gasteiger partial charge in [-0.3, -0.25) is 4.79 Å². The molecule has 1 amide bonds. The first-order valence-electron chi connectivity index (χ1n) is 7.72. The molecule has 0 fully saturated rings. The van der Waals surface area contributed by atoms with Gasteiger partial charge in [0.1, 0.15) is 0 Å². The Morgan fingerprint density at radius 1 is 1.13 bits per heavy atom. The molecule has 0 aromatic heterocycles. The fraction of sp³-hybridized carbons (Fsp3) is 0.211. The fourth-order valence-electron chi connectivity index (χ4n) is 2.42. The summed E-state index contributed by atoms with van der Waals surface area (Å²) in [7, 11) is 0. The van der Waals surface area contributed by atoms with Crippen molar-refractivity contribution >= 4 is 17.7 Å². The van der Waals surface area contributed by atoms with Crippen LogP contribution in [0.4, 0.5) is 5.69 Å². The molecular formula is C19H19NO3. The molecule has 2 aromatic rings. The van der Waals surface area contributed by atoms with Crippen molar-refractivity contribution in [3.05, 3.63) is 59.7 Å². The van der Waals surface area contributed by atoms with E-state index in [1.54, 1.807) is 6.08 Å². The highest BCUT2D eigenvalue weighted by Crippen LogP contribution is 2.32. The Morgan fingerprint density at radius 3 is 2.70 bits per heavy atom. The molecule has 0 spiro atoms. The molecule has 0 saturated carbocycles. The number of anilines is 1. The van der Waals surface area contributed by atoms with E-state index >= 15 is 0 Å². The first-order valence-corrected chi connectivity index (χ1v) is 7.72. The molecule has 1 heterocycles. The van der Waals surface area contributed by atoms with Crippen LogP contribution >= 0.6 is 0 Å². The first kappa shape index (κ1) is 15.2. The van der Waals surface area contributed by atoms with Crippen LogP contribution in [0.5, 0.6) is 11.5 Å². The molecule has 0 saturated heterocycles. The summed E-state index contributed by atoms with van der Waals surface area (Å²) in [6.45, 7) is 2.40. The monoisotopic (exact) mass is 309 g/mol. The predicted octanol–water partition coefficient (Wildman–Crippen LogP) is 4.02. The average molecular weight is 309 g/mol. The lowest BCUT2D eigenvalue weighted by Crippen LogP contribution is -2.07. The van der Waals surface area contributed by atoms with Crippen LogP contribution in [-0.2, 0) is 11.2 Å². The van der Waals surface area contributed by atoms with E-state index in [4.69, 9.17) is 9.47 Å². The van der Waals surface area contributed by atoms with E-state index in [1.807, 2.05) is 42.5 Å². The summed E-state index contributed by atoms with van der Waals surface area (Å²) in [5.41, 5.74) is 2.97. The molecule has 23 heavy (non-hydrogen) atoms. The Balaban J connectivity index is 1.60. The quantitative estimate of drug-likeness (QED) is 0.849. The van der Waals surface area contributed by atoms with Crippen molar-refractivity contribution in [3.63, 3.8) is 0 Å². The lowest BCUT2D eigenvalue weighted by Gasteiger charge is -2.04. The van der Waals surface area contributed by atoms with Gasteiger partial charge >= 0.3 is 0 Å². The van der Waals surface area contributed by atoms with Crippen molar-refractivity contribution in [2.24, 2.45) is 0 Å². The number of carbonyl (C=O) groups is 1. The lowest BCUT2D eigenvalue weighted by atomic mass is 10.1. The third-order valence-electron chi connectivity index (χ3n) is 3.58. The zero-order chi connectivity index (χ0) is 16.1. The molecule has 4 heteroatoms. The minimum atomic E-state index is -0.161. The van der Waals surface area contributed by atoms with Crippen LogP contribution in [0.1, 0.15) is 24.5 Å². The van der Waals surface area contributed by atoms with Crippen LogP contribution in [0.3, 0.4) is 0 Å². The van der Waals surface area contributed by atoms with Crippen molar-refractivity contribution in [3.8, 4) is 11.5 Å². The number of rotatable bonds is 5. The third-order valence-corrected chi connectivity index (χ3v) is 3.58. The van der Waals surface area contributed by atoms with Crippen molar-refractivity contribution in [2.75, 3.05) is 12.1 Å². The number of fused-ring (bicyclic) bond motifs is 1. The van der Waals surface area contributed by atoms with Crippen LogP contribution < -0.4 is 14.8 Å². The number of hydrogen-bond donors (Lipinski definition) is 1. The number of nitrogens with one attached hydrogen (secondary N) is 1. The predicted molar refractivity (Wildman–Crippen MR) is 90.7 cm³/mol. The summed E-state index contributed by atoms with van der Waals surface area (Å²) in [6.07, 6.45) is 5.43. The Labute approximate surface area is 135 Å². The summed E-state index contributed by atoms with van der Waals surface area (Å²) in [5, 5.41) is 2.85. The Kier molecular flexibility index (Phi) is 4.62. The topological polar surface area (TPSA) is 47.6 Å². The van der Waals surface area contributed by atoms with Crippen molar-refractivity contribution in [1.82, 2.24) is 0 Å². The summed E-state index contributed by atoms with van der Waals surface area (Å²) in [6, 6.07) is 13.5. The van der Waals surface area contributed by atoms with Gasteiger partial charge in [-0.15, -0.1) is 0 Å². The van der Waals surface area contributed by atoms with E-state index in [9.17, 15) is 4.79 Å². The van der Waals surface area contributed by atoms with E-state index in [-0.39, 0.29) is 12.7 Å². The average Bonchev–Trinajstić information content (AvgIpc) is 3.03. The first-order chi connectivity index (χ1) is 11.2. The highest BCUT2D eigenvalue weighted by atomic mass is 16.7. The zero-order valence-electron chi connectivity index (χ0n) is 13.0. The minimum Gasteiger partial charge on any atom is -0.454 e. The second-order valence-corrected chi connectivity index (χ2v) is 5.38. The minimum absolute atomic E-state index is 0.161. The number of benzene rings is 2. The van der Waals surface area contributed by atoms with E-state index in [0.717, 1.165) is 29.8 Å². The highest BCUT2D eigenvalue weighted by molar-refractivity contribution is 6.01. The molecule has 0 atom stereocenters. The number of carbonyl (C=O) groups excluding carboxylic acids is 1. The Hall–Kier alpha value is -2.75. The highest BCUT2D eigenvalue weighted by Gasteiger charge is 2.12. The molecule has 1 aliphatic heterocycles. The van der Waals surface area contributed by atoms with Crippen molar-refractivity contribution in [1.29, 1.82) is 0 Å². The zero-order valence-corrected chi connectivity index (χ0v) is 13.0. The van der Waals surface area contributed by atoms with Crippen molar-refractivity contribution in [2.45, 2.75) is 19.8 Å².